The number of aryl methyl sites for hydroxylation is 2. The number of nitrogens with zero attached hydrogens (tertiary/aromatic N) is 2. The summed E-state index contributed by atoms with van der Waals surface area (Å²) in [7, 11) is 1.74. The molecule has 1 heterocycles. The van der Waals surface area contributed by atoms with Gasteiger partial charge in [0, 0.05) is 25.6 Å². The SMILES string of the molecule is Cc1noc(C)c1C(C)CC(=O)N(C)Cc1ccc(C(=O)O)cc1. The minimum atomic E-state index is -0.959. The summed E-state index contributed by atoms with van der Waals surface area (Å²) in [6.07, 6.45) is 0.368. The van der Waals surface area contributed by atoms with Gasteiger partial charge in [-0.15, -0.1) is 0 Å². The monoisotopic (exact) mass is 330 g/mol. The Bertz CT molecular complexity index is 714. The molecule has 0 radical (unpaired) electrons. The van der Waals surface area contributed by atoms with Crippen LogP contribution in [0.15, 0.2) is 28.8 Å². The van der Waals surface area contributed by atoms with E-state index in [-0.39, 0.29) is 17.4 Å². The van der Waals surface area contributed by atoms with Crippen molar-refractivity contribution < 1.29 is 19.2 Å². The second-order valence-corrected chi connectivity index (χ2v) is 6.09. The molecule has 1 atom stereocenters. The van der Waals surface area contributed by atoms with E-state index in [1.165, 1.54) is 0 Å². The van der Waals surface area contributed by atoms with Crippen molar-refractivity contribution in [1.82, 2.24) is 10.1 Å². The number of amides is 1. The van der Waals surface area contributed by atoms with Gasteiger partial charge in [0.1, 0.15) is 5.76 Å². The summed E-state index contributed by atoms with van der Waals surface area (Å²) in [4.78, 5) is 24.9. The predicted molar refractivity (Wildman–Crippen MR) is 88.9 cm³/mol. The molecule has 1 aromatic carbocycles. The van der Waals surface area contributed by atoms with E-state index in [2.05, 4.69) is 5.16 Å². The minimum Gasteiger partial charge on any atom is -0.478 e. The van der Waals surface area contributed by atoms with Gasteiger partial charge in [-0.25, -0.2) is 4.79 Å². The van der Waals surface area contributed by atoms with Crippen molar-refractivity contribution in [3.8, 4) is 0 Å². The number of carbonyl (C=O) groups is 2. The van der Waals surface area contributed by atoms with Crippen LogP contribution < -0.4 is 0 Å². The van der Waals surface area contributed by atoms with Gasteiger partial charge in [-0.3, -0.25) is 4.79 Å². The van der Waals surface area contributed by atoms with Crippen molar-refractivity contribution in [2.75, 3.05) is 7.05 Å². The highest BCUT2D eigenvalue weighted by molar-refractivity contribution is 5.87. The standard InChI is InChI=1S/C18H22N2O4/c1-11(17-12(2)19-24-13(17)3)9-16(21)20(4)10-14-5-7-15(8-6-14)18(22)23/h5-8,11H,9-10H2,1-4H3,(H,22,23). The molecular formula is C18H22N2O4. The van der Waals surface area contributed by atoms with Gasteiger partial charge in [0.2, 0.25) is 5.91 Å². The number of hydrogen-bond donors (Lipinski definition) is 1. The molecule has 0 aliphatic heterocycles. The van der Waals surface area contributed by atoms with Gasteiger partial charge in [-0.2, -0.15) is 0 Å². The highest BCUT2D eigenvalue weighted by Crippen LogP contribution is 2.26. The van der Waals surface area contributed by atoms with Crippen LogP contribution >= 0.6 is 0 Å². The fraction of sp³-hybridized carbons (Fsp3) is 0.389. The van der Waals surface area contributed by atoms with Crippen molar-refractivity contribution in [3.05, 3.63) is 52.4 Å². The van der Waals surface area contributed by atoms with E-state index in [0.29, 0.717) is 13.0 Å². The lowest BCUT2D eigenvalue weighted by atomic mass is 9.95. The van der Waals surface area contributed by atoms with Gasteiger partial charge in [0.15, 0.2) is 0 Å². The molecule has 6 nitrogen and oxygen atoms in total. The molecule has 2 rings (SSSR count). The molecule has 6 heteroatoms. The van der Waals surface area contributed by atoms with Crippen molar-refractivity contribution >= 4 is 11.9 Å². The molecule has 1 unspecified atom stereocenters. The summed E-state index contributed by atoms with van der Waals surface area (Å²) in [5, 5.41) is 12.8. The molecule has 0 aliphatic carbocycles. The zero-order chi connectivity index (χ0) is 17.9. The summed E-state index contributed by atoms with van der Waals surface area (Å²) in [6.45, 7) is 6.15. The summed E-state index contributed by atoms with van der Waals surface area (Å²) >= 11 is 0. The van der Waals surface area contributed by atoms with Gasteiger partial charge in [0.25, 0.3) is 0 Å². The molecule has 0 bridgehead atoms. The fourth-order valence-electron chi connectivity index (χ4n) is 2.83. The molecule has 2 aromatic rings. The summed E-state index contributed by atoms with van der Waals surface area (Å²) in [6, 6.07) is 6.54. The molecule has 0 spiro atoms. The first-order valence-electron chi connectivity index (χ1n) is 7.78. The molecule has 1 N–H and O–H groups in total. The van der Waals surface area contributed by atoms with Gasteiger partial charge >= 0.3 is 5.97 Å². The second-order valence-electron chi connectivity index (χ2n) is 6.09. The van der Waals surface area contributed by atoms with E-state index in [1.807, 2.05) is 20.8 Å². The zero-order valence-electron chi connectivity index (χ0n) is 14.4. The number of aromatic nitrogens is 1. The molecule has 1 aromatic heterocycles. The van der Waals surface area contributed by atoms with E-state index in [4.69, 9.17) is 9.63 Å². The van der Waals surface area contributed by atoms with Crippen molar-refractivity contribution in [2.45, 2.75) is 39.7 Å². The van der Waals surface area contributed by atoms with E-state index in [9.17, 15) is 9.59 Å². The third-order valence-corrected chi connectivity index (χ3v) is 4.11. The Morgan fingerprint density at radius 2 is 1.88 bits per heavy atom. The van der Waals surface area contributed by atoms with Gasteiger partial charge < -0.3 is 14.5 Å². The normalized spacial score (nSPS) is 12.0. The number of carbonyl (C=O) groups excluding carboxylic acids is 1. The molecule has 24 heavy (non-hydrogen) atoms. The van der Waals surface area contributed by atoms with Crippen molar-refractivity contribution in [1.29, 1.82) is 0 Å². The van der Waals surface area contributed by atoms with Crippen LogP contribution in [-0.2, 0) is 11.3 Å². The minimum absolute atomic E-state index is 0.0183. The van der Waals surface area contributed by atoms with Crippen molar-refractivity contribution in [2.24, 2.45) is 0 Å². The molecular weight excluding hydrogens is 308 g/mol. The highest BCUT2D eigenvalue weighted by atomic mass is 16.5. The number of aromatic carboxylic acids is 1. The number of benzene rings is 1. The van der Waals surface area contributed by atoms with E-state index in [0.717, 1.165) is 22.6 Å². The predicted octanol–water partition coefficient (Wildman–Crippen LogP) is 3.14. The Kier molecular flexibility index (Phi) is 5.39. The topological polar surface area (TPSA) is 83.6 Å². The summed E-state index contributed by atoms with van der Waals surface area (Å²) in [5.41, 5.74) is 2.93. The average Bonchev–Trinajstić information content (AvgIpc) is 2.86. The largest absolute Gasteiger partial charge is 0.478 e. The number of carboxylic acids is 1. The lowest BCUT2D eigenvalue weighted by molar-refractivity contribution is -0.130. The second kappa shape index (κ2) is 7.29. The first-order valence-corrected chi connectivity index (χ1v) is 7.78. The molecule has 0 saturated carbocycles. The van der Waals surface area contributed by atoms with Crippen LogP contribution in [0.5, 0.6) is 0 Å². The van der Waals surface area contributed by atoms with Crippen molar-refractivity contribution in [3.63, 3.8) is 0 Å². The highest BCUT2D eigenvalue weighted by Gasteiger charge is 2.21. The average molecular weight is 330 g/mol. The number of hydrogen-bond acceptors (Lipinski definition) is 4. The zero-order valence-corrected chi connectivity index (χ0v) is 14.4. The maximum Gasteiger partial charge on any atom is 0.335 e. The van der Waals surface area contributed by atoms with E-state index >= 15 is 0 Å². The fourth-order valence-corrected chi connectivity index (χ4v) is 2.83. The Morgan fingerprint density at radius 3 is 2.38 bits per heavy atom. The van der Waals surface area contributed by atoms with Crippen LogP contribution in [-0.4, -0.2) is 34.1 Å². The first kappa shape index (κ1) is 17.7. The third kappa shape index (κ3) is 4.01. The Morgan fingerprint density at radius 1 is 1.25 bits per heavy atom. The molecule has 0 saturated heterocycles. The quantitative estimate of drug-likeness (QED) is 0.879. The molecule has 0 fully saturated rings. The smallest absolute Gasteiger partial charge is 0.335 e. The Hall–Kier alpha value is -2.63. The van der Waals surface area contributed by atoms with Crippen LogP contribution in [0, 0.1) is 13.8 Å². The van der Waals surface area contributed by atoms with Crippen LogP contribution in [0.4, 0.5) is 0 Å². The van der Waals surface area contributed by atoms with Gasteiger partial charge in [-0.05, 0) is 37.5 Å². The lowest BCUT2D eigenvalue weighted by Crippen LogP contribution is -2.27. The van der Waals surface area contributed by atoms with Crippen LogP contribution in [0.25, 0.3) is 0 Å². The van der Waals surface area contributed by atoms with Crippen LogP contribution in [0.3, 0.4) is 0 Å². The van der Waals surface area contributed by atoms with E-state index < -0.39 is 5.97 Å². The van der Waals surface area contributed by atoms with E-state index in [1.54, 1.807) is 36.2 Å². The summed E-state index contributed by atoms with van der Waals surface area (Å²) in [5.74, 6) is -0.163. The summed E-state index contributed by atoms with van der Waals surface area (Å²) < 4.78 is 5.16. The Balaban J connectivity index is 1.98. The Labute approximate surface area is 141 Å². The maximum atomic E-state index is 12.4. The van der Waals surface area contributed by atoms with Gasteiger partial charge in [-0.1, -0.05) is 24.2 Å². The lowest BCUT2D eigenvalue weighted by Gasteiger charge is -2.20. The first-order chi connectivity index (χ1) is 11.3. The van der Waals surface area contributed by atoms with Crippen LogP contribution in [0.2, 0.25) is 0 Å². The third-order valence-electron chi connectivity index (χ3n) is 4.11. The van der Waals surface area contributed by atoms with Gasteiger partial charge in [0.05, 0.1) is 11.3 Å². The maximum absolute atomic E-state index is 12.4. The molecule has 0 aliphatic rings. The van der Waals surface area contributed by atoms with Crippen LogP contribution in [0.1, 0.15) is 52.2 Å². The number of rotatable bonds is 6. The molecule has 1 amide bonds. The molecule has 128 valence electrons. The number of carboxylic acid groups (broad SMARTS) is 1.